The maximum atomic E-state index is 11.9. The van der Waals surface area contributed by atoms with E-state index in [0.29, 0.717) is 0 Å². The SMILES string of the molecule is CC(C)[C@H](N)C(=O)N1CCC(N)C1C.Cl. The molecule has 0 aromatic heterocycles. The second-order valence-electron chi connectivity index (χ2n) is 4.49. The van der Waals surface area contributed by atoms with E-state index in [0.717, 1.165) is 13.0 Å². The maximum Gasteiger partial charge on any atom is 0.240 e. The van der Waals surface area contributed by atoms with E-state index in [1.54, 1.807) is 0 Å². The van der Waals surface area contributed by atoms with Crippen LogP contribution < -0.4 is 11.5 Å². The van der Waals surface area contributed by atoms with Gasteiger partial charge in [-0.05, 0) is 19.3 Å². The van der Waals surface area contributed by atoms with Gasteiger partial charge in [-0.3, -0.25) is 4.79 Å². The highest BCUT2D eigenvalue weighted by molar-refractivity contribution is 5.85. The molecule has 2 unspecified atom stereocenters. The summed E-state index contributed by atoms with van der Waals surface area (Å²) in [5.41, 5.74) is 11.7. The number of carbonyl (C=O) groups excluding carboxylic acids is 1. The molecule has 1 heterocycles. The minimum atomic E-state index is -0.386. The lowest BCUT2D eigenvalue weighted by Gasteiger charge is -2.27. The molecule has 1 fully saturated rings. The van der Waals surface area contributed by atoms with Gasteiger partial charge in [-0.2, -0.15) is 0 Å². The molecule has 4 nitrogen and oxygen atoms in total. The molecule has 0 aromatic rings. The lowest BCUT2D eigenvalue weighted by atomic mass is 10.0. The third kappa shape index (κ3) is 3.06. The molecule has 0 radical (unpaired) electrons. The molecular weight excluding hydrogens is 214 g/mol. The largest absolute Gasteiger partial charge is 0.337 e. The molecule has 1 aliphatic heterocycles. The zero-order chi connectivity index (χ0) is 10.9. The maximum absolute atomic E-state index is 11.9. The van der Waals surface area contributed by atoms with Crippen molar-refractivity contribution in [2.45, 2.75) is 45.3 Å². The van der Waals surface area contributed by atoms with Gasteiger partial charge in [-0.25, -0.2) is 0 Å². The van der Waals surface area contributed by atoms with Gasteiger partial charge >= 0.3 is 0 Å². The van der Waals surface area contributed by atoms with Crippen LogP contribution in [0.5, 0.6) is 0 Å². The molecule has 1 amide bonds. The average molecular weight is 236 g/mol. The first-order chi connectivity index (χ1) is 6.45. The van der Waals surface area contributed by atoms with Crippen molar-refractivity contribution in [1.82, 2.24) is 4.90 Å². The van der Waals surface area contributed by atoms with Crippen LogP contribution in [0.4, 0.5) is 0 Å². The lowest BCUT2D eigenvalue weighted by Crippen LogP contribution is -2.49. The van der Waals surface area contributed by atoms with Crippen molar-refractivity contribution in [1.29, 1.82) is 0 Å². The summed E-state index contributed by atoms with van der Waals surface area (Å²) in [6.45, 7) is 6.66. The van der Waals surface area contributed by atoms with Crippen LogP contribution in [0.2, 0.25) is 0 Å². The summed E-state index contributed by atoms with van der Waals surface area (Å²) in [5.74, 6) is 0.229. The van der Waals surface area contributed by atoms with E-state index >= 15 is 0 Å². The normalized spacial score (nSPS) is 27.7. The molecular formula is C10H22ClN3O. The van der Waals surface area contributed by atoms with Crippen molar-refractivity contribution in [3.05, 3.63) is 0 Å². The van der Waals surface area contributed by atoms with Crippen LogP contribution in [-0.4, -0.2) is 35.5 Å². The fourth-order valence-corrected chi connectivity index (χ4v) is 1.75. The van der Waals surface area contributed by atoms with E-state index in [-0.39, 0.29) is 42.4 Å². The van der Waals surface area contributed by atoms with E-state index in [1.807, 2.05) is 25.7 Å². The molecule has 0 bridgehead atoms. The Bertz CT molecular complexity index is 223. The van der Waals surface area contributed by atoms with E-state index in [9.17, 15) is 4.79 Å². The van der Waals surface area contributed by atoms with E-state index in [4.69, 9.17) is 11.5 Å². The Morgan fingerprint density at radius 3 is 2.33 bits per heavy atom. The third-order valence-corrected chi connectivity index (χ3v) is 3.10. The first-order valence-corrected chi connectivity index (χ1v) is 5.26. The molecule has 0 aliphatic carbocycles. The van der Waals surface area contributed by atoms with Crippen LogP contribution in [0, 0.1) is 5.92 Å². The molecule has 1 aliphatic rings. The molecule has 15 heavy (non-hydrogen) atoms. The number of rotatable bonds is 2. The van der Waals surface area contributed by atoms with Gasteiger partial charge in [-0.15, -0.1) is 12.4 Å². The fraction of sp³-hybridized carbons (Fsp3) is 0.900. The predicted octanol–water partition coefficient (Wildman–Crippen LogP) is 0.340. The Morgan fingerprint density at radius 1 is 1.47 bits per heavy atom. The molecule has 5 heteroatoms. The minimum absolute atomic E-state index is 0. The zero-order valence-electron chi connectivity index (χ0n) is 9.64. The van der Waals surface area contributed by atoms with Crippen molar-refractivity contribution in [3.63, 3.8) is 0 Å². The molecule has 0 aromatic carbocycles. The number of likely N-dealkylation sites (tertiary alicyclic amines) is 1. The highest BCUT2D eigenvalue weighted by Crippen LogP contribution is 2.17. The summed E-state index contributed by atoms with van der Waals surface area (Å²) in [6, 6.07) is -0.145. The molecule has 3 atom stereocenters. The Balaban J connectivity index is 0.00000196. The van der Waals surface area contributed by atoms with Crippen LogP contribution >= 0.6 is 12.4 Å². The van der Waals surface area contributed by atoms with Crippen molar-refractivity contribution in [2.24, 2.45) is 17.4 Å². The van der Waals surface area contributed by atoms with Gasteiger partial charge < -0.3 is 16.4 Å². The first kappa shape index (κ1) is 14.7. The highest BCUT2D eigenvalue weighted by Gasteiger charge is 2.34. The number of amides is 1. The Labute approximate surface area is 97.8 Å². The van der Waals surface area contributed by atoms with Gasteiger partial charge in [0.05, 0.1) is 6.04 Å². The van der Waals surface area contributed by atoms with Crippen molar-refractivity contribution < 1.29 is 4.79 Å². The summed E-state index contributed by atoms with van der Waals surface area (Å²) in [7, 11) is 0. The van der Waals surface area contributed by atoms with Crippen molar-refractivity contribution in [2.75, 3.05) is 6.54 Å². The first-order valence-electron chi connectivity index (χ1n) is 5.26. The quantitative estimate of drug-likeness (QED) is 0.725. The number of nitrogens with two attached hydrogens (primary N) is 2. The molecule has 0 spiro atoms. The summed E-state index contributed by atoms with van der Waals surface area (Å²) in [6.07, 6.45) is 0.887. The van der Waals surface area contributed by atoms with Crippen LogP contribution in [0.25, 0.3) is 0 Å². The fourth-order valence-electron chi connectivity index (χ4n) is 1.75. The summed E-state index contributed by atoms with van der Waals surface area (Å²) in [4.78, 5) is 13.7. The number of nitrogens with zero attached hydrogens (tertiary/aromatic N) is 1. The zero-order valence-corrected chi connectivity index (χ0v) is 10.5. The van der Waals surface area contributed by atoms with Crippen LogP contribution in [0.3, 0.4) is 0 Å². The Kier molecular flexibility index (Phi) is 5.56. The summed E-state index contributed by atoms with van der Waals surface area (Å²) >= 11 is 0. The number of carbonyl (C=O) groups is 1. The second-order valence-corrected chi connectivity index (χ2v) is 4.49. The molecule has 90 valence electrons. The topological polar surface area (TPSA) is 72.4 Å². The van der Waals surface area contributed by atoms with Gasteiger partial charge in [0.15, 0.2) is 0 Å². The van der Waals surface area contributed by atoms with Gasteiger partial charge in [0.2, 0.25) is 5.91 Å². The standard InChI is InChI=1S/C10H21N3O.ClH/c1-6(2)9(12)10(14)13-5-4-8(11)7(13)3;/h6-9H,4-5,11-12H2,1-3H3;1H/t7?,8?,9-;/m0./s1. The van der Waals surface area contributed by atoms with E-state index in [2.05, 4.69) is 0 Å². The predicted molar refractivity (Wildman–Crippen MR) is 63.8 cm³/mol. The molecule has 0 saturated carbocycles. The van der Waals surface area contributed by atoms with Crippen LogP contribution in [-0.2, 0) is 4.79 Å². The van der Waals surface area contributed by atoms with Gasteiger partial charge in [0, 0.05) is 18.6 Å². The van der Waals surface area contributed by atoms with E-state index < -0.39 is 0 Å². The Hall–Kier alpha value is -0.320. The summed E-state index contributed by atoms with van der Waals surface area (Å²) in [5, 5.41) is 0. The molecule has 1 rings (SSSR count). The number of halogens is 1. The van der Waals surface area contributed by atoms with Crippen LogP contribution in [0.15, 0.2) is 0 Å². The third-order valence-electron chi connectivity index (χ3n) is 3.10. The number of hydrogen-bond donors (Lipinski definition) is 2. The minimum Gasteiger partial charge on any atom is -0.337 e. The summed E-state index contributed by atoms with van der Waals surface area (Å²) < 4.78 is 0. The van der Waals surface area contributed by atoms with Crippen molar-refractivity contribution >= 4 is 18.3 Å². The molecule has 4 N–H and O–H groups in total. The van der Waals surface area contributed by atoms with Crippen molar-refractivity contribution in [3.8, 4) is 0 Å². The van der Waals surface area contributed by atoms with Gasteiger partial charge in [-0.1, -0.05) is 13.8 Å². The smallest absolute Gasteiger partial charge is 0.240 e. The van der Waals surface area contributed by atoms with Gasteiger partial charge in [0.1, 0.15) is 0 Å². The lowest BCUT2D eigenvalue weighted by molar-refractivity contribution is -0.134. The average Bonchev–Trinajstić information content (AvgIpc) is 2.45. The van der Waals surface area contributed by atoms with Crippen LogP contribution in [0.1, 0.15) is 27.2 Å². The second kappa shape index (κ2) is 5.68. The molecule has 1 saturated heterocycles. The van der Waals surface area contributed by atoms with Gasteiger partial charge in [0.25, 0.3) is 0 Å². The van der Waals surface area contributed by atoms with E-state index in [1.165, 1.54) is 0 Å². The monoisotopic (exact) mass is 235 g/mol. The Morgan fingerprint density at radius 2 is 2.00 bits per heavy atom. The number of hydrogen-bond acceptors (Lipinski definition) is 3. The highest BCUT2D eigenvalue weighted by atomic mass is 35.5.